The van der Waals surface area contributed by atoms with Gasteiger partial charge in [-0.2, -0.15) is 0 Å². The minimum Gasteiger partial charge on any atom is -0.390 e. The van der Waals surface area contributed by atoms with E-state index in [0.29, 0.717) is 32.2 Å². The quantitative estimate of drug-likeness (QED) is 0.205. The Balaban J connectivity index is 0.00000800. The summed E-state index contributed by atoms with van der Waals surface area (Å²) in [5.74, 6) is -2.83. The highest BCUT2D eigenvalue weighted by Gasteiger charge is 2.31. The molecule has 2 rings (SSSR count). The Morgan fingerprint density at radius 1 is 0.951 bits per heavy atom. The van der Waals surface area contributed by atoms with Crippen LogP contribution in [-0.2, 0) is 34.0 Å². The minimum atomic E-state index is -3.63. The van der Waals surface area contributed by atoms with Gasteiger partial charge in [0.1, 0.15) is 11.6 Å². The van der Waals surface area contributed by atoms with Gasteiger partial charge >= 0.3 is 0 Å². The van der Waals surface area contributed by atoms with Crippen LogP contribution >= 0.6 is 24.8 Å². The average Bonchev–Trinajstić information content (AvgIpc) is 2.87. The molecule has 12 heteroatoms. The number of sulfone groups is 1. The Labute approximate surface area is 255 Å². The number of rotatable bonds is 17. The van der Waals surface area contributed by atoms with Crippen molar-refractivity contribution in [1.29, 1.82) is 0 Å². The molecule has 1 amide bonds. The lowest BCUT2D eigenvalue weighted by molar-refractivity contribution is -0.123. The van der Waals surface area contributed by atoms with E-state index in [4.69, 9.17) is 5.73 Å². The smallest absolute Gasteiger partial charge is 0.238 e. The first-order chi connectivity index (χ1) is 18.5. The highest BCUT2D eigenvalue weighted by Crippen LogP contribution is 2.17. The lowest BCUT2D eigenvalue weighted by Gasteiger charge is -2.27. The van der Waals surface area contributed by atoms with Crippen molar-refractivity contribution in [3.05, 3.63) is 70.8 Å². The van der Waals surface area contributed by atoms with E-state index in [-0.39, 0.29) is 43.3 Å². The van der Waals surface area contributed by atoms with Gasteiger partial charge in [0.2, 0.25) is 5.91 Å². The zero-order valence-corrected chi connectivity index (χ0v) is 26.4. The number of nitrogens with two attached hydrogens (primary N) is 1. The van der Waals surface area contributed by atoms with E-state index in [1.807, 2.05) is 32.0 Å². The van der Waals surface area contributed by atoms with Crippen LogP contribution in [0.4, 0.5) is 8.78 Å². The van der Waals surface area contributed by atoms with Gasteiger partial charge < -0.3 is 21.5 Å². The molecular formula is C29H45Cl2F2N3O4S. The maximum absolute atomic E-state index is 13.8. The van der Waals surface area contributed by atoms with Gasteiger partial charge in [0.25, 0.3) is 0 Å². The fourth-order valence-corrected chi connectivity index (χ4v) is 6.75. The Morgan fingerprint density at radius 2 is 1.54 bits per heavy atom. The molecule has 0 saturated heterocycles. The molecular weight excluding hydrogens is 595 g/mol. The maximum Gasteiger partial charge on any atom is 0.238 e. The molecule has 0 radical (unpaired) electrons. The monoisotopic (exact) mass is 639 g/mol. The van der Waals surface area contributed by atoms with E-state index in [1.165, 1.54) is 5.56 Å². The third-order valence-electron chi connectivity index (χ3n) is 6.73. The van der Waals surface area contributed by atoms with Crippen molar-refractivity contribution in [1.82, 2.24) is 10.6 Å². The molecule has 0 heterocycles. The molecule has 2 aromatic carbocycles. The second kappa shape index (κ2) is 19.4. The van der Waals surface area contributed by atoms with Gasteiger partial charge in [0, 0.05) is 19.2 Å². The fraction of sp³-hybridized carbons (Fsp3) is 0.552. The highest BCUT2D eigenvalue weighted by atomic mass is 35.5. The van der Waals surface area contributed by atoms with E-state index < -0.39 is 56.6 Å². The molecule has 0 aliphatic carbocycles. The summed E-state index contributed by atoms with van der Waals surface area (Å²) in [7, 11) is -3.63. The van der Waals surface area contributed by atoms with Crippen LogP contribution in [0.2, 0.25) is 0 Å². The lowest BCUT2D eigenvalue weighted by Crippen LogP contribution is -2.54. The van der Waals surface area contributed by atoms with Crippen molar-refractivity contribution in [2.45, 2.75) is 89.3 Å². The number of benzene rings is 2. The predicted molar refractivity (Wildman–Crippen MR) is 165 cm³/mol. The van der Waals surface area contributed by atoms with Gasteiger partial charge in [-0.25, -0.2) is 17.2 Å². The van der Waals surface area contributed by atoms with Crippen LogP contribution < -0.4 is 16.4 Å². The first kappa shape index (κ1) is 39.2. The Bertz CT molecular complexity index is 1150. The first-order valence-corrected chi connectivity index (χ1v) is 15.4. The number of carbonyl (C=O) groups excluding carboxylic acids is 1. The van der Waals surface area contributed by atoms with Crippen molar-refractivity contribution >= 4 is 40.6 Å². The second-order valence-corrected chi connectivity index (χ2v) is 12.4. The zero-order valence-electron chi connectivity index (χ0n) is 23.9. The van der Waals surface area contributed by atoms with Crippen molar-refractivity contribution in [2.75, 3.05) is 12.3 Å². The van der Waals surface area contributed by atoms with Crippen LogP contribution in [-0.4, -0.2) is 55.2 Å². The summed E-state index contributed by atoms with van der Waals surface area (Å²) >= 11 is 0. The van der Waals surface area contributed by atoms with Crippen molar-refractivity contribution in [2.24, 2.45) is 5.73 Å². The SMILES string of the molecule is CCCC(CCC)S(=O)(=O)C[C@@H](N)C(=O)N[C@@H](Cc1cc(F)cc(F)c1)[C@H](O)CNCc1cccc(CC)c1.Cl.Cl. The largest absolute Gasteiger partial charge is 0.390 e. The summed E-state index contributed by atoms with van der Waals surface area (Å²) in [6.45, 7) is 6.40. The lowest BCUT2D eigenvalue weighted by atomic mass is 10.00. The van der Waals surface area contributed by atoms with Gasteiger partial charge in [0.05, 0.1) is 29.2 Å². The van der Waals surface area contributed by atoms with Crippen LogP contribution in [0.1, 0.15) is 63.1 Å². The highest BCUT2D eigenvalue weighted by molar-refractivity contribution is 7.92. The number of aliphatic hydroxyl groups excluding tert-OH is 1. The van der Waals surface area contributed by atoms with Crippen LogP contribution in [0, 0.1) is 11.6 Å². The summed E-state index contributed by atoms with van der Waals surface area (Å²) in [6.07, 6.45) is 2.03. The third-order valence-corrected chi connectivity index (χ3v) is 9.04. The first-order valence-electron chi connectivity index (χ1n) is 13.7. The van der Waals surface area contributed by atoms with E-state index in [2.05, 4.69) is 23.6 Å². The molecule has 0 aliphatic rings. The van der Waals surface area contributed by atoms with E-state index in [9.17, 15) is 27.1 Å². The van der Waals surface area contributed by atoms with Gasteiger partial charge in [-0.3, -0.25) is 4.79 Å². The minimum absolute atomic E-state index is 0. The van der Waals surface area contributed by atoms with Crippen LogP contribution in [0.5, 0.6) is 0 Å². The standard InChI is InChI=1S/C29H43F2N3O4S.2ClH/c1-4-8-25(9-5-2)39(37,38)19-26(32)29(36)34-27(15-22-13-23(30)16-24(31)14-22)28(35)18-33-17-21-11-7-10-20(6-3)12-21;;/h7,10-14,16,25-28,33,35H,4-6,8-9,15,17-19,32H2,1-3H3,(H,34,36);2*1H/t26-,27+,28-;;/m1../s1. The van der Waals surface area contributed by atoms with Crippen LogP contribution in [0.25, 0.3) is 0 Å². The number of amides is 1. The van der Waals surface area contributed by atoms with Gasteiger partial charge in [0.15, 0.2) is 9.84 Å². The number of halogens is 4. The molecule has 0 saturated carbocycles. The summed E-state index contributed by atoms with van der Waals surface area (Å²) in [4.78, 5) is 13.0. The molecule has 0 spiro atoms. The van der Waals surface area contributed by atoms with Crippen molar-refractivity contribution in [3.8, 4) is 0 Å². The van der Waals surface area contributed by atoms with Crippen molar-refractivity contribution < 1.29 is 27.1 Å². The van der Waals surface area contributed by atoms with Crippen LogP contribution in [0.3, 0.4) is 0 Å². The van der Waals surface area contributed by atoms with Gasteiger partial charge in [-0.05, 0) is 54.5 Å². The average molecular weight is 641 g/mol. The molecule has 7 nitrogen and oxygen atoms in total. The molecule has 2 aromatic rings. The normalized spacial score (nSPS) is 13.6. The summed E-state index contributed by atoms with van der Waals surface area (Å²) in [5.41, 5.74) is 8.46. The second-order valence-electron chi connectivity index (χ2n) is 10.1. The Morgan fingerprint density at radius 3 is 2.10 bits per heavy atom. The number of hydrogen-bond acceptors (Lipinski definition) is 6. The topological polar surface area (TPSA) is 122 Å². The Hall–Kier alpha value is -1.82. The molecule has 0 unspecified atom stereocenters. The van der Waals surface area contributed by atoms with Crippen molar-refractivity contribution in [3.63, 3.8) is 0 Å². The summed E-state index contributed by atoms with van der Waals surface area (Å²) in [5, 5.41) is 16.2. The molecule has 3 atom stereocenters. The van der Waals surface area contributed by atoms with Crippen LogP contribution in [0.15, 0.2) is 42.5 Å². The van der Waals surface area contributed by atoms with E-state index in [1.54, 1.807) is 0 Å². The summed E-state index contributed by atoms with van der Waals surface area (Å²) in [6, 6.07) is 8.66. The number of aliphatic hydroxyl groups is 1. The molecule has 0 aliphatic heterocycles. The fourth-order valence-electron chi connectivity index (χ4n) is 4.63. The maximum atomic E-state index is 13.8. The van der Waals surface area contributed by atoms with E-state index >= 15 is 0 Å². The zero-order chi connectivity index (χ0) is 29.0. The molecule has 41 heavy (non-hydrogen) atoms. The van der Waals surface area contributed by atoms with Gasteiger partial charge in [-0.15, -0.1) is 24.8 Å². The van der Waals surface area contributed by atoms with Gasteiger partial charge in [-0.1, -0.05) is 57.9 Å². The van der Waals surface area contributed by atoms with E-state index in [0.717, 1.165) is 30.2 Å². The molecule has 0 aromatic heterocycles. The Kier molecular flexibility index (Phi) is 18.5. The third kappa shape index (κ3) is 13.4. The molecule has 5 N–H and O–H groups in total. The molecule has 234 valence electrons. The molecule has 0 bridgehead atoms. The number of aryl methyl sites for hydroxylation is 1. The predicted octanol–water partition coefficient (Wildman–Crippen LogP) is 4.26. The number of nitrogens with one attached hydrogen (secondary N) is 2. The number of hydrogen-bond donors (Lipinski definition) is 4. The molecule has 0 fully saturated rings. The number of carbonyl (C=O) groups is 1. The summed E-state index contributed by atoms with van der Waals surface area (Å²) < 4.78 is 53.5.